The van der Waals surface area contributed by atoms with E-state index in [9.17, 15) is 4.79 Å². The Bertz CT molecular complexity index is 286. The van der Waals surface area contributed by atoms with Gasteiger partial charge in [0.15, 0.2) is 0 Å². The molecular formula is C8H10ClN3O. The molecule has 0 unspecified atom stereocenters. The molecule has 0 aromatic heterocycles. The van der Waals surface area contributed by atoms with E-state index in [1.165, 1.54) is 0 Å². The van der Waals surface area contributed by atoms with Gasteiger partial charge in [-0.3, -0.25) is 0 Å². The minimum Gasteiger partial charge on any atom is -0.351 e. The SMILES string of the molecule is NC(=O)Nc1ccc(CNCl)cc1. The van der Waals surface area contributed by atoms with Crippen LogP contribution >= 0.6 is 11.8 Å². The zero-order chi connectivity index (χ0) is 9.68. The monoisotopic (exact) mass is 199 g/mol. The fraction of sp³-hybridized carbons (Fsp3) is 0.125. The van der Waals surface area contributed by atoms with Gasteiger partial charge >= 0.3 is 6.03 Å². The van der Waals surface area contributed by atoms with Gasteiger partial charge in [-0.05, 0) is 29.5 Å². The molecule has 0 spiro atoms. The Labute approximate surface area is 81.2 Å². The summed E-state index contributed by atoms with van der Waals surface area (Å²) in [6.45, 7) is 0.582. The minimum atomic E-state index is -0.566. The van der Waals surface area contributed by atoms with Gasteiger partial charge in [0.25, 0.3) is 0 Å². The van der Waals surface area contributed by atoms with Gasteiger partial charge in [-0.2, -0.15) is 0 Å². The summed E-state index contributed by atoms with van der Waals surface area (Å²) in [7, 11) is 0. The van der Waals surface area contributed by atoms with Crippen molar-refractivity contribution in [3.8, 4) is 0 Å². The number of carbonyl (C=O) groups excluding carboxylic acids is 1. The Kier molecular flexibility index (Phi) is 3.54. The fourth-order valence-electron chi connectivity index (χ4n) is 0.925. The van der Waals surface area contributed by atoms with E-state index >= 15 is 0 Å². The van der Waals surface area contributed by atoms with E-state index in [-0.39, 0.29) is 0 Å². The van der Waals surface area contributed by atoms with Gasteiger partial charge in [-0.25, -0.2) is 9.63 Å². The summed E-state index contributed by atoms with van der Waals surface area (Å²) in [5, 5.41) is 2.46. The van der Waals surface area contributed by atoms with Crippen LogP contribution in [0, 0.1) is 0 Å². The number of nitrogens with two attached hydrogens (primary N) is 1. The van der Waals surface area contributed by atoms with Crippen molar-refractivity contribution in [2.24, 2.45) is 5.73 Å². The van der Waals surface area contributed by atoms with Gasteiger partial charge in [-0.1, -0.05) is 12.1 Å². The van der Waals surface area contributed by atoms with Gasteiger partial charge in [0.2, 0.25) is 0 Å². The number of amides is 2. The molecule has 1 aromatic rings. The minimum absolute atomic E-state index is 0.566. The van der Waals surface area contributed by atoms with E-state index in [0.29, 0.717) is 12.2 Å². The molecule has 0 saturated heterocycles. The van der Waals surface area contributed by atoms with E-state index < -0.39 is 6.03 Å². The predicted octanol–water partition coefficient (Wildman–Crippen LogP) is 1.42. The number of hydrogen-bond acceptors (Lipinski definition) is 2. The standard InChI is InChI=1S/C8H10ClN3O/c9-11-5-6-1-3-7(4-2-6)12-8(10)13/h1-4,11H,5H2,(H3,10,12,13). The summed E-state index contributed by atoms with van der Waals surface area (Å²) in [6, 6.07) is 6.65. The van der Waals surface area contributed by atoms with Crippen LogP contribution in [-0.2, 0) is 6.54 Å². The maximum Gasteiger partial charge on any atom is 0.316 e. The van der Waals surface area contributed by atoms with Crippen LogP contribution in [0.3, 0.4) is 0 Å². The van der Waals surface area contributed by atoms with E-state index in [2.05, 4.69) is 10.2 Å². The van der Waals surface area contributed by atoms with Crippen LogP contribution < -0.4 is 15.9 Å². The normalized spacial score (nSPS) is 9.62. The number of carbonyl (C=O) groups is 1. The third-order valence-electron chi connectivity index (χ3n) is 1.49. The zero-order valence-electron chi connectivity index (χ0n) is 6.88. The second-order valence-electron chi connectivity index (χ2n) is 2.50. The molecule has 13 heavy (non-hydrogen) atoms. The highest BCUT2D eigenvalue weighted by Gasteiger charge is 1.95. The summed E-state index contributed by atoms with van der Waals surface area (Å²) in [5.74, 6) is 0. The van der Waals surface area contributed by atoms with E-state index in [1.807, 2.05) is 12.1 Å². The Morgan fingerprint density at radius 3 is 2.46 bits per heavy atom. The zero-order valence-corrected chi connectivity index (χ0v) is 7.64. The molecule has 1 aromatic carbocycles. The van der Waals surface area contributed by atoms with Gasteiger partial charge in [0, 0.05) is 12.2 Å². The molecule has 0 radical (unpaired) electrons. The van der Waals surface area contributed by atoms with Gasteiger partial charge in [0.1, 0.15) is 0 Å². The van der Waals surface area contributed by atoms with Crippen LogP contribution in [0.1, 0.15) is 5.56 Å². The smallest absolute Gasteiger partial charge is 0.316 e. The molecule has 0 heterocycles. The van der Waals surface area contributed by atoms with Crippen molar-refractivity contribution >= 4 is 23.5 Å². The molecule has 1 rings (SSSR count). The first-order valence-electron chi connectivity index (χ1n) is 3.71. The molecule has 0 atom stereocenters. The van der Waals surface area contributed by atoms with Crippen molar-refractivity contribution in [3.63, 3.8) is 0 Å². The van der Waals surface area contributed by atoms with Crippen molar-refractivity contribution in [1.29, 1.82) is 0 Å². The molecule has 0 saturated carbocycles. The quantitative estimate of drug-likeness (QED) is 0.645. The third-order valence-corrected chi connectivity index (χ3v) is 1.63. The van der Waals surface area contributed by atoms with Crippen LogP contribution in [0.15, 0.2) is 24.3 Å². The van der Waals surface area contributed by atoms with Gasteiger partial charge in [-0.15, -0.1) is 0 Å². The van der Waals surface area contributed by atoms with Crippen molar-refractivity contribution in [2.75, 3.05) is 5.32 Å². The summed E-state index contributed by atoms with van der Waals surface area (Å²) < 4.78 is 0. The molecule has 5 heteroatoms. The lowest BCUT2D eigenvalue weighted by molar-refractivity contribution is 0.259. The van der Waals surface area contributed by atoms with Crippen molar-refractivity contribution < 1.29 is 4.79 Å². The average Bonchev–Trinajstić information content (AvgIpc) is 2.08. The summed E-state index contributed by atoms with van der Waals surface area (Å²) >= 11 is 5.32. The predicted molar refractivity (Wildman–Crippen MR) is 52.3 cm³/mol. The van der Waals surface area contributed by atoms with E-state index in [4.69, 9.17) is 17.5 Å². The Morgan fingerprint density at radius 1 is 1.38 bits per heavy atom. The van der Waals surface area contributed by atoms with E-state index in [1.54, 1.807) is 12.1 Å². The van der Waals surface area contributed by atoms with Crippen LogP contribution in [-0.4, -0.2) is 6.03 Å². The van der Waals surface area contributed by atoms with Gasteiger partial charge < -0.3 is 11.1 Å². The summed E-state index contributed by atoms with van der Waals surface area (Å²) in [5.41, 5.74) is 6.64. The highest BCUT2D eigenvalue weighted by atomic mass is 35.5. The Morgan fingerprint density at radius 2 is 2.00 bits per heavy atom. The molecule has 4 nitrogen and oxygen atoms in total. The molecular weight excluding hydrogens is 190 g/mol. The van der Waals surface area contributed by atoms with Crippen LogP contribution in [0.25, 0.3) is 0 Å². The first-order chi connectivity index (χ1) is 6.22. The Balaban J connectivity index is 2.64. The lowest BCUT2D eigenvalue weighted by Gasteiger charge is -2.02. The molecule has 0 fully saturated rings. The Hall–Kier alpha value is -1.26. The number of urea groups is 1. The van der Waals surface area contributed by atoms with Crippen LogP contribution in [0.2, 0.25) is 0 Å². The first-order valence-corrected chi connectivity index (χ1v) is 4.09. The number of nitrogens with one attached hydrogen (secondary N) is 2. The lowest BCUT2D eigenvalue weighted by Crippen LogP contribution is -2.19. The van der Waals surface area contributed by atoms with Crippen LogP contribution in [0.4, 0.5) is 10.5 Å². The van der Waals surface area contributed by atoms with Gasteiger partial charge in [0.05, 0.1) is 0 Å². The maximum atomic E-state index is 10.5. The maximum absolute atomic E-state index is 10.5. The lowest BCUT2D eigenvalue weighted by atomic mass is 10.2. The number of anilines is 1. The highest BCUT2D eigenvalue weighted by Crippen LogP contribution is 2.08. The van der Waals surface area contributed by atoms with Crippen molar-refractivity contribution in [1.82, 2.24) is 4.84 Å². The molecule has 0 bridgehead atoms. The van der Waals surface area contributed by atoms with E-state index in [0.717, 1.165) is 5.56 Å². The molecule has 4 N–H and O–H groups in total. The molecule has 0 aliphatic rings. The first kappa shape index (κ1) is 9.83. The molecule has 2 amide bonds. The summed E-state index contributed by atoms with van der Waals surface area (Å²) in [6.07, 6.45) is 0. The summed E-state index contributed by atoms with van der Waals surface area (Å²) in [4.78, 5) is 13.0. The van der Waals surface area contributed by atoms with Crippen LogP contribution in [0.5, 0.6) is 0 Å². The topological polar surface area (TPSA) is 67.2 Å². The van der Waals surface area contributed by atoms with Crippen molar-refractivity contribution in [3.05, 3.63) is 29.8 Å². The number of halogens is 1. The second-order valence-corrected chi connectivity index (χ2v) is 2.76. The largest absolute Gasteiger partial charge is 0.351 e. The molecule has 0 aliphatic carbocycles. The third kappa shape index (κ3) is 3.31. The molecule has 70 valence electrons. The fourth-order valence-corrected chi connectivity index (χ4v) is 1.08. The van der Waals surface area contributed by atoms with Crippen molar-refractivity contribution in [2.45, 2.75) is 6.54 Å². The average molecular weight is 200 g/mol. The number of hydrogen-bond donors (Lipinski definition) is 3. The number of primary amides is 1. The molecule has 0 aliphatic heterocycles. The highest BCUT2D eigenvalue weighted by molar-refractivity contribution is 6.13. The second kappa shape index (κ2) is 4.69. The number of rotatable bonds is 3. The number of benzene rings is 1.